The quantitative estimate of drug-likeness (QED) is 0.551. The van der Waals surface area contributed by atoms with Gasteiger partial charge in [-0.1, -0.05) is 12.8 Å². The van der Waals surface area contributed by atoms with Crippen molar-refractivity contribution in [2.24, 2.45) is 0 Å². The lowest BCUT2D eigenvalue weighted by molar-refractivity contribution is -0.139. The molecular formula is C18H26N2O6S. The first kappa shape index (κ1) is 21.2. The molecule has 0 saturated heterocycles. The highest BCUT2D eigenvalue weighted by atomic mass is 32.2. The molecule has 0 aliphatic heterocycles. The number of nitrogens with one attached hydrogen (secondary N) is 2. The number of amides is 1. The number of hydrogen-bond donors (Lipinski definition) is 3. The van der Waals surface area contributed by atoms with Crippen LogP contribution >= 0.6 is 0 Å². The number of ether oxygens (including phenoxy) is 1. The predicted octanol–water partition coefficient (Wildman–Crippen LogP) is 1.66. The van der Waals surface area contributed by atoms with Gasteiger partial charge in [-0.15, -0.1) is 0 Å². The van der Waals surface area contributed by atoms with Gasteiger partial charge in [0.2, 0.25) is 15.9 Å². The highest BCUT2D eigenvalue weighted by Gasteiger charge is 2.37. The van der Waals surface area contributed by atoms with Crippen LogP contribution in [0.25, 0.3) is 0 Å². The van der Waals surface area contributed by atoms with Crippen molar-refractivity contribution in [1.82, 2.24) is 10.0 Å². The van der Waals surface area contributed by atoms with Crippen molar-refractivity contribution in [3.05, 3.63) is 24.3 Å². The fraction of sp³-hybridized carbons (Fsp3) is 0.556. The van der Waals surface area contributed by atoms with Crippen LogP contribution in [0.1, 0.15) is 45.4 Å². The van der Waals surface area contributed by atoms with Gasteiger partial charge in [0, 0.05) is 13.0 Å². The average molecular weight is 398 g/mol. The summed E-state index contributed by atoms with van der Waals surface area (Å²) in [7, 11) is -3.73. The monoisotopic (exact) mass is 398 g/mol. The summed E-state index contributed by atoms with van der Waals surface area (Å²) in [6.07, 6.45) is 2.83. The highest BCUT2D eigenvalue weighted by Crippen LogP contribution is 2.32. The van der Waals surface area contributed by atoms with Gasteiger partial charge in [0.25, 0.3) is 0 Å². The minimum absolute atomic E-state index is 0.0579. The molecule has 1 aliphatic rings. The Kier molecular flexibility index (Phi) is 7.20. The molecule has 0 radical (unpaired) electrons. The predicted molar refractivity (Wildman–Crippen MR) is 99.0 cm³/mol. The first-order valence-corrected chi connectivity index (χ1v) is 10.5. The van der Waals surface area contributed by atoms with Crippen molar-refractivity contribution in [1.29, 1.82) is 0 Å². The summed E-state index contributed by atoms with van der Waals surface area (Å²) in [5, 5.41) is 11.9. The normalized spacial score (nSPS) is 16.0. The van der Waals surface area contributed by atoms with Crippen LogP contribution in [0.15, 0.2) is 29.2 Å². The van der Waals surface area contributed by atoms with Crippen LogP contribution in [0.2, 0.25) is 0 Å². The van der Waals surface area contributed by atoms with Crippen molar-refractivity contribution in [2.75, 3.05) is 13.2 Å². The Morgan fingerprint density at radius 3 is 2.37 bits per heavy atom. The van der Waals surface area contributed by atoms with Gasteiger partial charge in [0.1, 0.15) is 5.75 Å². The maximum atomic E-state index is 12.3. The number of carbonyl (C=O) groups is 2. The fourth-order valence-electron chi connectivity index (χ4n) is 3.31. The number of carbonyl (C=O) groups excluding carboxylic acids is 1. The Morgan fingerprint density at radius 1 is 1.19 bits per heavy atom. The lowest BCUT2D eigenvalue weighted by Gasteiger charge is -2.28. The Hall–Kier alpha value is -2.13. The molecule has 150 valence electrons. The summed E-state index contributed by atoms with van der Waals surface area (Å²) in [6.45, 7) is 2.26. The number of benzene rings is 1. The first-order chi connectivity index (χ1) is 12.8. The number of hydrogen-bond acceptors (Lipinski definition) is 5. The van der Waals surface area contributed by atoms with Gasteiger partial charge in [0.05, 0.1) is 23.5 Å². The van der Waals surface area contributed by atoms with Gasteiger partial charge in [0.15, 0.2) is 0 Å². The molecular weight excluding hydrogens is 372 g/mol. The largest absolute Gasteiger partial charge is 0.494 e. The summed E-state index contributed by atoms with van der Waals surface area (Å²) in [6, 6.07) is 6.02. The second-order valence-electron chi connectivity index (χ2n) is 6.66. The first-order valence-electron chi connectivity index (χ1n) is 9.02. The molecule has 1 fully saturated rings. The number of sulfonamides is 1. The molecule has 1 aromatic rings. The highest BCUT2D eigenvalue weighted by molar-refractivity contribution is 7.89. The molecule has 2 rings (SSSR count). The summed E-state index contributed by atoms with van der Waals surface area (Å²) in [5.41, 5.74) is -0.711. The molecule has 3 N–H and O–H groups in total. The molecule has 0 heterocycles. The Morgan fingerprint density at radius 2 is 1.81 bits per heavy atom. The van der Waals surface area contributed by atoms with Gasteiger partial charge in [-0.2, -0.15) is 0 Å². The van der Waals surface area contributed by atoms with E-state index >= 15 is 0 Å². The standard InChI is InChI=1S/C18H26N2O6S/c1-2-26-14-5-7-15(8-6-14)27(24,25)19-12-9-16(21)20-18(13-17(22)23)10-3-4-11-18/h5-8,19H,2-4,9-13H2,1H3,(H,20,21)(H,22,23). The van der Waals surface area contributed by atoms with Crippen molar-refractivity contribution in [3.8, 4) is 5.75 Å². The molecule has 1 saturated carbocycles. The number of carboxylic acids is 1. The minimum Gasteiger partial charge on any atom is -0.494 e. The smallest absolute Gasteiger partial charge is 0.305 e. The number of aliphatic carboxylic acids is 1. The fourth-order valence-corrected chi connectivity index (χ4v) is 4.34. The zero-order chi connectivity index (χ0) is 19.9. The number of rotatable bonds is 10. The molecule has 0 aromatic heterocycles. The van der Waals surface area contributed by atoms with E-state index in [9.17, 15) is 18.0 Å². The van der Waals surface area contributed by atoms with Crippen molar-refractivity contribution in [2.45, 2.75) is 55.9 Å². The van der Waals surface area contributed by atoms with E-state index in [-0.39, 0.29) is 30.2 Å². The van der Waals surface area contributed by atoms with Gasteiger partial charge < -0.3 is 15.2 Å². The second kappa shape index (κ2) is 9.18. The van der Waals surface area contributed by atoms with Crippen LogP contribution in [-0.2, 0) is 19.6 Å². The van der Waals surface area contributed by atoms with Crippen molar-refractivity contribution in [3.63, 3.8) is 0 Å². The topological polar surface area (TPSA) is 122 Å². The van der Waals surface area contributed by atoms with Gasteiger partial charge in [-0.3, -0.25) is 9.59 Å². The molecule has 0 atom stereocenters. The Bertz CT molecular complexity index is 755. The minimum atomic E-state index is -3.73. The molecule has 8 nitrogen and oxygen atoms in total. The van der Waals surface area contributed by atoms with E-state index < -0.39 is 21.5 Å². The van der Waals surface area contributed by atoms with Crippen LogP contribution in [-0.4, -0.2) is 44.1 Å². The van der Waals surface area contributed by atoms with Crippen LogP contribution in [0.5, 0.6) is 5.75 Å². The van der Waals surface area contributed by atoms with Crippen LogP contribution in [0.4, 0.5) is 0 Å². The van der Waals surface area contributed by atoms with E-state index in [2.05, 4.69) is 10.0 Å². The van der Waals surface area contributed by atoms with E-state index in [0.717, 1.165) is 12.8 Å². The van der Waals surface area contributed by atoms with Gasteiger partial charge >= 0.3 is 5.97 Å². The molecule has 1 amide bonds. The SMILES string of the molecule is CCOc1ccc(S(=O)(=O)NCCC(=O)NC2(CC(=O)O)CCCC2)cc1. The third-order valence-electron chi connectivity index (χ3n) is 4.54. The number of carboxylic acid groups (broad SMARTS) is 1. The third kappa shape index (κ3) is 6.21. The molecule has 1 aromatic carbocycles. The third-order valence-corrected chi connectivity index (χ3v) is 6.02. The van der Waals surface area contributed by atoms with E-state index in [1.165, 1.54) is 12.1 Å². The van der Waals surface area contributed by atoms with E-state index in [4.69, 9.17) is 9.84 Å². The van der Waals surface area contributed by atoms with Crippen LogP contribution in [0.3, 0.4) is 0 Å². The van der Waals surface area contributed by atoms with Crippen molar-refractivity contribution < 1.29 is 27.9 Å². The maximum Gasteiger partial charge on any atom is 0.305 e. The van der Waals surface area contributed by atoms with Crippen molar-refractivity contribution >= 4 is 21.9 Å². The lowest BCUT2D eigenvalue weighted by atomic mass is 9.93. The van der Waals surface area contributed by atoms with E-state index in [1.807, 2.05) is 6.92 Å². The Balaban J connectivity index is 1.86. The van der Waals surface area contributed by atoms with E-state index in [0.29, 0.717) is 25.2 Å². The molecule has 0 bridgehead atoms. The molecule has 1 aliphatic carbocycles. The summed E-state index contributed by atoms with van der Waals surface area (Å²) >= 11 is 0. The Labute approximate surface area is 159 Å². The van der Waals surface area contributed by atoms with Gasteiger partial charge in [-0.25, -0.2) is 13.1 Å². The zero-order valence-corrected chi connectivity index (χ0v) is 16.2. The summed E-state index contributed by atoms with van der Waals surface area (Å²) < 4.78 is 32.2. The summed E-state index contributed by atoms with van der Waals surface area (Å²) in [5.74, 6) is -0.725. The average Bonchev–Trinajstić information content (AvgIpc) is 3.02. The van der Waals surface area contributed by atoms with Gasteiger partial charge in [-0.05, 0) is 44.0 Å². The van der Waals surface area contributed by atoms with E-state index in [1.54, 1.807) is 12.1 Å². The molecule has 27 heavy (non-hydrogen) atoms. The molecule has 9 heteroatoms. The summed E-state index contributed by atoms with van der Waals surface area (Å²) in [4.78, 5) is 23.3. The molecule has 0 unspecified atom stereocenters. The van der Waals surface area contributed by atoms with Crippen LogP contribution in [0, 0.1) is 0 Å². The maximum absolute atomic E-state index is 12.3. The lowest BCUT2D eigenvalue weighted by Crippen LogP contribution is -2.48. The zero-order valence-electron chi connectivity index (χ0n) is 15.4. The van der Waals surface area contributed by atoms with Crippen LogP contribution < -0.4 is 14.8 Å². The second-order valence-corrected chi connectivity index (χ2v) is 8.43. The molecule has 0 spiro atoms.